The Hall–Kier alpha value is -1.09. The molecule has 1 unspecified atom stereocenters. The Morgan fingerprint density at radius 3 is 2.75 bits per heavy atom. The number of rotatable bonds is 3. The SMILES string of the molecule is CCOc1ccc(C(C)N)cn1. The lowest BCUT2D eigenvalue weighted by Crippen LogP contribution is -2.05. The van der Waals surface area contributed by atoms with Crippen molar-refractivity contribution in [2.75, 3.05) is 6.61 Å². The van der Waals surface area contributed by atoms with E-state index in [2.05, 4.69) is 4.98 Å². The molecule has 1 rings (SSSR count). The van der Waals surface area contributed by atoms with E-state index in [0.29, 0.717) is 12.5 Å². The van der Waals surface area contributed by atoms with Crippen molar-refractivity contribution >= 4 is 0 Å². The summed E-state index contributed by atoms with van der Waals surface area (Å²) in [7, 11) is 0. The van der Waals surface area contributed by atoms with E-state index in [1.807, 2.05) is 26.0 Å². The number of nitrogens with two attached hydrogens (primary N) is 1. The zero-order valence-corrected chi connectivity index (χ0v) is 7.45. The Bertz CT molecular complexity index is 231. The molecule has 0 spiro atoms. The van der Waals surface area contributed by atoms with Crippen LogP contribution in [0.15, 0.2) is 18.3 Å². The van der Waals surface area contributed by atoms with E-state index in [1.54, 1.807) is 6.20 Å². The summed E-state index contributed by atoms with van der Waals surface area (Å²) in [6.45, 7) is 4.50. The summed E-state index contributed by atoms with van der Waals surface area (Å²) in [6, 6.07) is 3.80. The van der Waals surface area contributed by atoms with Crippen LogP contribution in [-0.2, 0) is 0 Å². The van der Waals surface area contributed by atoms with Crippen molar-refractivity contribution in [1.29, 1.82) is 0 Å². The Labute approximate surface area is 72.6 Å². The number of hydrogen-bond acceptors (Lipinski definition) is 3. The largest absolute Gasteiger partial charge is 0.478 e. The second-order valence-electron chi connectivity index (χ2n) is 2.65. The minimum atomic E-state index is 0.0353. The van der Waals surface area contributed by atoms with Crippen LogP contribution >= 0.6 is 0 Å². The van der Waals surface area contributed by atoms with Gasteiger partial charge >= 0.3 is 0 Å². The molecule has 1 aromatic rings. The topological polar surface area (TPSA) is 48.1 Å². The number of pyridine rings is 1. The molecular weight excluding hydrogens is 152 g/mol. The molecule has 66 valence electrons. The van der Waals surface area contributed by atoms with E-state index >= 15 is 0 Å². The van der Waals surface area contributed by atoms with Crippen molar-refractivity contribution < 1.29 is 4.74 Å². The van der Waals surface area contributed by atoms with Crippen molar-refractivity contribution in [1.82, 2.24) is 4.98 Å². The van der Waals surface area contributed by atoms with Crippen LogP contribution in [0, 0.1) is 0 Å². The quantitative estimate of drug-likeness (QED) is 0.740. The minimum Gasteiger partial charge on any atom is -0.478 e. The molecular formula is C9H14N2O. The summed E-state index contributed by atoms with van der Waals surface area (Å²) in [6.07, 6.45) is 1.75. The first kappa shape index (κ1) is 9.00. The zero-order chi connectivity index (χ0) is 8.97. The highest BCUT2D eigenvalue weighted by atomic mass is 16.5. The van der Waals surface area contributed by atoms with Crippen LogP contribution in [0.1, 0.15) is 25.5 Å². The first-order valence-corrected chi connectivity index (χ1v) is 4.08. The summed E-state index contributed by atoms with van der Waals surface area (Å²) < 4.78 is 5.19. The van der Waals surface area contributed by atoms with Gasteiger partial charge in [0.15, 0.2) is 0 Å². The Morgan fingerprint density at radius 2 is 2.33 bits per heavy atom. The van der Waals surface area contributed by atoms with Crippen molar-refractivity contribution in [3.63, 3.8) is 0 Å². The highest BCUT2D eigenvalue weighted by Gasteiger charge is 1.99. The molecule has 0 aliphatic heterocycles. The lowest BCUT2D eigenvalue weighted by Gasteiger charge is -2.05. The van der Waals surface area contributed by atoms with Gasteiger partial charge in [0, 0.05) is 18.3 Å². The van der Waals surface area contributed by atoms with Gasteiger partial charge in [-0.2, -0.15) is 0 Å². The molecule has 12 heavy (non-hydrogen) atoms. The van der Waals surface area contributed by atoms with Crippen LogP contribution in [0.2, 0.25) is 0 Å². The molecule has 0 fully saturated rings. The third-order valence-electron chi connectivity index (χ3n) is 1.58. The van der Waals surface area contributed by atoms with Crippen LogP contribution in [0.3, 0.4) is 0 Å². The highest BCUT2D eigenvalue weighted by molar-refractivity contribution is 5.19. The number of ether oxygens (including phenoxy) is 1. The van der Waals surface area contributed by atoms with Gasteiger partial charge in [0.25, 0.3) is 0 Å². The van der Waals surface area contributed by atoms with Gasteiger partial charge in [-0.25, -0.2) is 4.98 Å². The molecule has 3 heteroatoms. The summed E-state index contributed by atoms with van der Waals surface area (Å²) in [5, 5.41) is 0. The standard InChI is InChI=1S/C9H14N2O/c1-3-12-9-5-4-8(6-11-9)7(2)10/h4-7H,3,10H2,1-2H3. The first-order valence-electron chi connectivity index (χ1n) is 4.08. The molecule has 1 heterocycles. The van der Waals surface area contributed by atoms with Gasteiger partial charge in [0.2, 0.25) is 5.88 Å². The number of nitrogens with zero attached hydrogens (tertiary/aromatic N) is 1. The number of hydrogen-bond donors (Lipinski definition) is 1. The summed E-state index contributed by atoms with van der Waals surface area (Å²) in [4.78, 5) is 4.09. The van der Waals surface area contributed by atoms with Gasteiger partial charge < -0.3 is 10.5 Å². The molecule has 1 atom stereocenters. The monoisotopic (exact) mass is 166 g/mol. The van der Waals surface area contributed by atoms with Gasteiger partial charge in [0.1, 0.15) is 0 Å². The zero-order valence-electron chi connectivity index (χ0n) is 7.45. The first-order chi connectivity index (χ1) is 5.74. The van der Waals surface area contributed by atoms with E-state index in [-0.39, 0.29) is 6.04 Å². The normalized spacial score (nSPS) is 12.6. The molecule has 0 saturated carbocycles. The maximum atomic E-state index is 5.66. The minimum absolute atomic E-state index is 0.0353. The lowest BCUT2D eigenvalue weighted by atomic mass is 10.2. The van der Waals surface area contributed by atoms with E-state index < -0.39 is 0 Å². The maximum absolute atomic E-state index is 5.66. The molecule has 0 saturated heterocycles. The molecule has 0 aromatic carbocycles. The maximum Gasteiger partial charge on any atom is 0.213 e. The van der Waals surface area contributed by atoms with E-state index in [4.69, 9.17) is 10.5 Å². The second-order valence-corrected chi connectivity index (χ2v) is 2.65. The van der Waals surface area contributed by atoms with E-state index in [1.165, 1.54) is 0 Å². The lowest BCUT2D eigenvalue weighted by molar-refractivity contribution is 0.326. The molecule has 0 aliphatic rings. The Balaban J connectivity index is 2.71. The molecule has 1 aromatic heterocycles. The summed E-state index contributed by atoms with van der Waals surface area (Å²) in [5.74, 6) is 0.655. The number of aromatic nitrogens is 1. The fourth-order valence-corrected chi connectivity index (χ4v) is 0.894. The Morgan fingerprint density at radius 1 is 1.58 bits per heavy atom. The van der Waals surface area contributed by atoms with Gasteiger partial charge in [-0.1, -0.05) is 6.07 Å². The van der Waals surface area contributed by atoms with Gasteiger partial charge in [-0.3, -0.25) is 0 Å². The molecule has 0 aliphatic carbocycles. The van der Waals surface area contributed by atoms with Crippen LogP contribution in [0.5, 0.6) is 5.88 Å². The summed E-state index contributed by atoms with van der Waals surface area (Å²) >= 11 is 0. The van der Waals surface area contributed by atoms with Crippen LogP contribution in [-0.4, -0.2) is 11.6 Å². The predicted octanol–water partition coefficient (Wildman–Crippen LogP) is 1.50. The fraction of sp³-hybridized carbons (Fsp3) is 0.444. The van der Waals surface area contributed by atoms with Crippen molar-refractivity contribution in [2.45, 2.75) is 19.9 Å². The van der Waals surface area contributed by atoms with Crippen molar-refractivity contribution in [2.24, 2.45) is 5.73 Å². The smallest absolute Gasteiger partial charge is 0.213 e. The predicted molar refractivity (Wildman–Crippen MR) is 48.0 cm³/mol. The van der Waals surface area contributed by atoms with Gasteiger partial charge in [-0.05, 0) is 19.4 Å². The van der Waals surface area contributed by atoms with Gasteiger partial charge in [-0.15, -0.1) is 0 Å². The Kier molecular flexibility index (Phi) is 3.05. The van der Waals surface area contributed by atoms with E-state index in [9.17, 15) is 0 Å². The molecule has 2 N–H and O–H groups in total. The van der Waals surface area contributed by atoms with Crippen LogP contribution in [0.25, 0.3) is 0 Å². The van der Waals surface area contributed by atoms with Crippen molar-refractivity contribution in [3.05, 3.63) is 23.9 Å². The van der Waals surface area contributed by atoms with Gasteiger partial charge in [0.05, 0.1) is 6.61 Å². The average Bonchev–Trinajstić information content (AvgIpc) is 2.06. The third-order valence-corrected chi connectivity index (χ3v) is 1.58. The summed E-state index contributed by atoms with van der Waals surface area (Å²) in [5.41, 5.74) is 6.68. The third kappa shape index (κ3) is 2.20. The van der Waals surface area contributed by atoms with Crippen molar-refractivity contribution in [3.8, 4) is 5.88 Å². The van der Waals surface area contributed by atoms with Crippen LogP contribution in [0.4, 0.5) is 0 Å². The fourth-order valence-electron chi connectivity index (χ4n) is 0.894. The molecule has 0 amide bonds. The molecule has 0 radical (unpaired) electrons. The highest BCUT2D eigenvalue weighted by Crippen LogP contribution is 2.11. The van der Waals surface area contributed by atoms with Crippen LogP contribution < -0.4 is 10.5 Å². The molecule has 0 bridgehead atoms. The molecule has 3 nitrogen and oxygen atoms in total. The average molecular weight is 166 g/mol. The van der Waals surface area contributed by atoms with E-state index in [0.717, 1.165) is 5.56 Å². The second kappa shape index (κ2) is 4.07.